The van der Waals surface area contributed by atoms with E-state index in [-0.39, 0.29) is 11.2 Å². The molecule has 0 aromatic carbocycles. The Hall–Kier alpha value is -1.18. The van der Waals surface area contributed by atoms with Gasteiger partial charge in [0.05, 0.1) is 5.69 Å². The molecule has 1 aromatic heterocycles. The van der Waals surface area contributed by atoms with Gasteiger partial charge in [0.1, 0.15) is 0 Å². The van der Waals surface area contributed by atoms with Crippen LogP contribution in [0.5, 0.6) is 0 Å². The molecule has 1 aliphatic rings. The Labute approximate surface area is 84.4 Å². The Balaban J connectivity index is 2.54. The third-order valence-corrected chi connectivity index (χ3v) is 2.95. The van der Waals surface area contributed by atoms with E-state index in [2.05, 4.69) is 4.98 Å². The molecule has 1 aliphatic carbocycles. The third kappa shape index (κ3) is 1.35. The lowest BCUT2D eigenvalue weighted by Gasteiger charge is -2.28. The number of hydrogen-bond donors (Lipinski definition) is 0. The molecular formula is C12H15NO. The number of hydrogen-bond acceptors (Lipinski definition) is 2. The molecule has 74 valence electrons. The van der Waals surface area contributed by atoms with Crippen LogP contribution in [0.2, 0.25) is 0 Å². The highest BCUT2D eigenvalue weighted by Gasteiger charge is 2.34. The normalized spacial score (nSPS) is 19.2. The summed E-state index contributed by atoms with van der Waals surface area (Å²) >= 11 is 0. The van der Waals surface area contributed by atoms with Gasteiger partial charge >= 0.3 is 0 Å². The number of carbonyl (C=O) groups is 1. The van der Waals surface area contributed by atoms with Crippen molar-refractivity contribution in [1.82, 2.24) is 4.98 Å². The molecule has 1 heterocycles. The molecule has 0 saturated carbocycles. The van der Waals surface area contributed by atoms with Crippen molar-refractivity contribution in [3.63, 3.8) is 0 Å². The van der Waals surface area contributed by atoms with Crippen LogP contribution in [0.25, 0.3) is 0 Å². The van der Waals surface area contributed by atoms with Crippen molar-refractivity contribution in [2.45, 2.75) is 33.6 Å². The minimum atomic E-state index is -0.206. The smallest absolute Gasteiger partial charge is 0.170 e. The molecule has 0 aliphatic heterocycles. The van der Waals surface area contributed by atoms with Crippen molar-refractivity contribution >= 4 is 5.78 Å². The van der Waals surface area contributed by atoms with Crippen LogP contribution in [0.1, 0.15) is 41.9 Å². The lowest BCUT2D eigenvalue weighted by atomic mass is 9.74. The first-order chi connectivity index (χ1) is 6.50. The van der Waals surface area contributed by atoms with Crippen LogP contribution in [0.4, 0.5) is 0 Å². The van der Waals surface area contributed by atoms with Crippen molar-refractivity contribution < 1.29 is 4.79 Å². The van der Waals surface area contributed by atoms with Crippen LogP contribution in [0, 0.1) is 12.3 Å². The van der Waals surface area contributed by atoms with Gasteiger partial charge in [-0.25, -0.2) is 0 Å². The second-order valence-corrected chi connectivity index (χ2v) is 4.72. The molecule has 0 bridgehead atoms. The zero-order valence-corrected chi connectivity index (χ0v) is 8.92. The number of aromatic nitrogens is 1. The molecule has 0 radical (unpaired) electrons. The molecule has 2 nitrogen and oxygen atoms in total. The first kappa shape index (κ1) is 9.38. The maximum Gasteiger partial charge on any atom is 0.170 e. The zero-order valence-electron chi connectivity index (χ0n) is 8.92. The lowest BCUT2D eigenvalue weighted by molar-refractivity contribution is 0.0809. The van der Waals surface area contributed by atoms with Crippen LogP contribution in [0.3, 0.4) is 0 Å². The number of Topliss-reactive ketones (excluding diaryl/α,β-unsaturated/α-hetero) is 1. The molecular weight excluding hydrogens is 174 g/mol. The summed E-state index contributed by atoms with van der Waals surface area (Å²) in [6.07, 6.45) is 3.67. The largest absolute Gasteiger partial charge is 0.294 e. The molecule has 0 amide bonds. The maximum absolute atomic E-state index is 12.1. The van der Waals surface area contributed by atoms with Gasteiger partial charge in [0, 0.05) is 17.2 Å². The zero-order chi connectivity index (χ0) is 10.3. The highest BCUT2D eigenvalue weighted by Crippen LogP contribution is 2.33. The van der Waals surface area contributed by atoms with E-state index < -0.39 is 0 Å². The summed E-state index contributed by atoms with van der Waals surface area (Å²) < 4.78 is 0. The predicted molar refractivity (Wildman–Crippen MR) is 55.4 cm³/mol. The summed E-state index contributed by atoms with van der Waals surface area (Å²) in [5, 5.41) is 0. The maximum atomic E-state index is 12.1. The predicted octanol–water partition coefficient (Wildman–Crippen LogP) is 2.55. The molecule has 0 fully saturated rings. The van der Waals surface area contributed by atoms with Crippen LogP contribution >= 0.6 is 0 Å². The van der Waals surface area contributed by atoms with Crippen molar-refractivity contribution in [2.75, 3.05) is 0 Å². The van der Waals surface area contributed by atoms with Crippen LogP contribution < -0.4 is 0 Å². The fraction of sp³-hybridized carbons (Fsp3) is 0.500. The Morgan fingerprint density at radius 1 is 1.43 bits per heavy atom. The molecule has 14 heavy (non-hydrogen) atoms. The van der Waals surface area contributed by atoms with E-state index >= 15 is 0 Å². The average Bonchev–Trinajstić information content (AvgIpc) is 2.13. The Morgan fingerprint density at radius 3 is 2.86 bits per heavy atom. The number of carbonyl (C=O) groups excluding carboxylic acids is 1. The molecule has 0 atom stereocenters. The number of pyridine rings is 1. The van der Waals surface area contributed by atoms with Crippen LogP contribution in [-0.4, -0.2) is 10.8 Å². The Morgan fingerprint density at radius 2 is 2.14 bits per heavy atom. The second kappa shape index (κ2) is 2.91. The van der Waals surface area contributed by atoms with Crippen molar-refractivity contribution in [2.24, 2.45) is 5.41 Å². The minimum Gasteiger partial charge on any atom is -0.294 e. The quantitative estimate of drug-likeness (QED) is 0.627. The summed E-state index contributed by atoms with van der Waals surface area (Å²) in [5.74, 6) is 0.245. The van der Waals surface area contributed by atoms with Gasteiger partial charge in [0.2, 0.25) is 0 Å². The summed E-state index contributed by atoms with van der Waals surface area (Å²) in [7, 11) is 0. The number of aryl methyl sites for hydroxylation is 2. The first-order valence-corrected chi connectivity index (χ1v) is 5.01. The topological polar surface area (TPSA) is 30.0 Å². The summed E-state index contributed by atoms with van der Waals surface area (Å²) in [6.45, 7) is 6.00. The SMILES string of the molecule is Cc1cnc2c(c1)C(=O)C(C)(C)CC2. The number of nitrogens with zero attached hydrogens (tertiary/aromatic N) is 1. The molecule has 0 N–H and O–H groups in total. The average molecular weight is 189 g/mol. The van der Waals surface area contributed by atoms with E-state index in [1.165, 1.54) is 0 Å². The molecule has 1 aromatic rings. The summed E-state index contributed by atoms with van der Waals surface area (Å²) in [4.78, 5) is 16.4. The molecule has 0 saturated heterocycles. The van der Waals surface area contributed by atoms with E-state index in [1.54, 1.807) is 0 Å². The Bertz CT molecular complexity index is 393. The van der Waals surface area contributed by atoms with Crippen LogP contribution in [-0.2, 0) is 6.42 Å². The lowest BCUT2D eigenvalue weighted by Crippen LogP contribution is -2.31. The van der Waals surface area contributed by atoms with E-state index in [4.69, 9.17) is 0 Å². The summed E-state index contributed by atoms with van der Waals surface area (Å²) in [5.41, 5.74) is 2.67. The summed E-state index contributed by atoms with van der Waals surface area (Å²) in [6, 6.07) is 1.96. The fourth-order valence-electron chi connectivity index (χ4n) is 1.90. The van der Waals surface area contributed by atoms with Gasteiger partial charge in [0.15, 0.2) is 5.78 Å². The fourth-order valence-corrected chi connectivity index (χ4v) is 1.90. The first-order valence-electron chi connectivity index (χ1n) is 5.01. The number of ketones is 1. The van der Waals surface area contributed by atoms with Crippen LogP contribution in [0.15, 0.2) is 12.3 Å². The minimum absolute atomic E-state index is 0.206. The molecule has 2 heteroatoms. The van der Waals surface area contributed by atoms with E-state index in [9.17, 15) is 4.79 Å². The standard InChI is InChI=1S/C12H15NO/c1-8-6-9-10(13-7-8)4-5-12(2,3)11(9)14/h6-7H,4-5H2,1-3H3. The van der Waals surface area contributed by atoms with Gasteiger partial charge in [-0.1, -0.05) is 13.8 Å². The Kier molecular flexibility index (Phi) is 1.95. The number of fused-ring (bicyclic) bond motifs is 1. The van der Waals surface area contributed by atoms with Crippen molar-refractivity contribution in [1.29, 1.82) is 0 Å². The third-order valence-electron chi connectivity index (χ3n) is 2.95. The van der Waals surface area contributed by atoms with E-state index in [1.807, 2.05) is 33.0 Å². The van der Waals surface area contributed by atoms with Gasteiger partial charge in [-0.15, -0.1) is 0 Å². The monoisotopic (exact) mass is 189 g/mol. The molecule has 0 spiro atoms. The van der Waals surface area contributed by atoms with E-state index in [0.717, 1.165) is 29.7 Å². The van der Waals surface area contributed by atoms with Gasteiger partial charge in [0.25, 0.3) is 0 Å². The molecule has 2 rings (SSSR count). The van der Waals surface area contributed by atoms with Gasteiger partial charge in [-0.3, -0.25) is 9.78 Å². The molecule has 0 unspecified atom stereocenters. The van der Waals surface area contributed by atoms with Gasteiger partial charge in [-0.2, -0.15) is 0 Å². The highest BCUT2D eigenvalue weighted by atomic mass is 16.1. The van der Waals surface area contributed by atoms with Gasteiger partial charge < -0.3 is 0 Å². The van der Waals surface area contributed by atoms with Crippen molar-refractivity contribution in [3.05, 3.63) is 29.1 Å². The van der Waals surface area contributed by atoms with Crippen molar-refractivity contribution in [3.8, 4) is 0 Å². The highest BCUT2D eigenvalue weighted by molar-refractivity contribution is 6.02. The second-order valence-electron chi connectivity index (χ2n) is 4.72. The number of rotatable bonds is 0. The van der Waals surface area contributed by atoms with E-state index in [0.29, 0.717) is 0 Å². The van der Waals surface area contributed by atoms with Gasteiger partial charge in [-0.05, 0) is 31.4 Å².